The number of nitrogens with one attached hydrogen (secondary N) is 2. The number of piperidine rings is 1. The van der Waals surface area contributed by atoms with Gasteiger partial charge in [0, 0.05) is 38.1 Å². The molecule has 1 saturated heterocycles. The molecule has 0 amide bonds. The minimum Gasteiger partial charge on any atom is -0.356 e. The molecule has 8 heteroatoms. The summed E-state index contributed by atoms with van der Waals surface area (Å²) < 4.78 is 38.0. The van der Waals surface area contributed by atoms with E-state index in [2.05, 4.69) is 38.0 Å². The molecular formula is C21H27F3N4S. The van der Waals surface area contributed by atoms with Gasteiger partial charge in [0.05, 0.1) is 5.56 Å². The molecule has 29 heavy (non-hydrogen) atoms. The lowest BCUT2D eigenvalue weighted by molar-refractivity contribution is -0.137. The van der Waals surface area contributed by atoms with Gasteiger partial charge in [-0.25, -0.2) is 0 Å². The first-order chi connectivity index (χ1) is 13.9. The van der Waals surface area contributed by atoms with Crippen LogP contribution in [0.25, 0.3) is 0 Å². The van der Waals surface area contributed by atoms with Crippen molar-refractivity contribution in [3.05, 3.63) is 57.8 Å². The van der Waals surface area contributed by atoms with E-state index >= 15 is 0 Å². The van der Waals surface area contributed by atoms with Crippen LogP contribution in [-0.4, -0.2) is 37.5 Å². The van der Waals surface area contributed by atoms with E-state index in [1.807, 2.05) is 0 Å². The fraction of sp³-hybridized carbons (Fsp3) is 0.476. The van der Waals surface area contributed by atoms with E-state index in [1.54, 1.807) is 18.4 Å². The predicted molar refractivity (Wildman–Crippen MR) is 112 cm³/mol. The fourth-order valence-electron chi connectivity index (χ4n) is 3.54. The summed E-state index contributed by atoms with van der Waals surface area (Å²) >= 11 is 1.80. The van der Waals surface area contributed by atoms with Crippen LogP contribution >= 0.6 is 11.3 Å². The van der Waals surface area contributed by atoms with Gasteiger partial charge in [-0.3, -0.25) is 9.89 Å². The molecular weight excluding hydrogens is 397 g/mol. The summed E-state index contributed by atoms with van der Waals surface area (Å²) in [6.45, 7) is 4.45. The zero-order valence-corrected chi connectivity index (χ0v) is 17.3. The average molecular weight is 425 g/mol. The molecule has 0 radical (unpaired) electrons. The summed E-state index contributed by atoms with van der Waals surface area (Å²) in [4.78, 5) is 8.12. The van der Waals surface area contributed by atoms with Crippen molar-refractivity contribution in [1.82, 2.24) is 15.5 Å². The molecule has 1 fully saturated rings. The summed E-state index contributed by atoms with van der Waals surface area (Å²) in [6.07, 6.45) is -1.93. The molecule has 1 aromatic carbocycles. The molecule has 1 unspecified atom stereocenters. The van der Waals surface area contributed by atoms with Crippen LogP contribution in [0.2, 0.25) is 0 Å². The number of thiophene rings is 1. The lowest BCUT2D eigenvalue weighted by Gasteiger charge is -2.32. The number of halogens is 3. The number of likely N-dealkylation sites (tertiary alicyclic amines) is 1. The summed E-state index contributed by atoms with van der Waals surface area (Å²) in [5, 5.41) is 8.65. The highest BCUT2D eigenvalue weighted by Crippen LogP contribution is 2.29. The minimum atomic E-state index is -4.30. The molecule has 1 atom stereocenters. The van der Waals surface area contributed by atoms with E-state index in [-0.39, 0.29) is 0 Å². The average Bonchev–Trinajstić information content (AvgIpc) is 3.21. The predicted octanol–water partition coefficient (Wildman–Crippen LogP) is 4.34. The summed E-state index contributed by atoms with van der Waals surface area (Å²) in [6, 6.07) is 9.48. The molecule has 2 aromatic rings. The second-order valence-electron chi connectivity index (χ2n) is 7.32. The molecule has 1 aliphatic rings. The number of hydrogen-bond acceptors (Lipinski definition) is 3. The van der Waals surface area contributed by atoms with Crippen molar-refractivity contribution < 1.29 is 13.2 Å². The van der Waals surface area contributed by atoms with Crippen molar-refractivity contribution in [3.63, 3.8) is 0 Å². The maximum Gasteiger partial charge on any atom is 0.416 e. The molecule has 158 valence electrons. The van der Waals surface area contributed by atoms with Gasteiger partial charge < -0.3 is 10.6 Å². The first-order valence-electron chi connectivity index (χ1n) is 9.79. The van der Waals surface area contributed by atoms with Gasteiger partial charge in [0.1, 0.15) is 0 Å². The molecule has 4 nitrogen and oxygen atoms in total. The second kappa shape index (κ2) is 10.1. The standard InChI is InChI=1S/C21H27F3N4S/c1-25-20(26-12-16-6-8-18(9-7-16)21(22,23)24)27-13-17-4-2-10-28(14-17)15-19-5-3-11-29-19/h3,5-9,11,17H,2,4,10,12-15H2,1H3,(H2,25,26,27). The van der Waals surface area contributed by atoms with E-state index < -0.39 is 11.7 Å². The topological polar surface area (TPSA) is 39.7 Å². The Morgan fingerprint density at radius 1 is 1.21 bits per heavy atom. The van der Waals surface area contributed by atoms with Gasteiger partial charge in [-0.15, -0.1) is 11.3 Å². The van der Waals surface area contributed by atoms with Crippen LogP contribution < -0.4 is 10.6 Å². The van der Waals surface area contributed by atoms with Crippen molar-refractivity contribution in [1.29, 1.82) is 0 Å². The Balaban J connectivity index is 1.43. The number of guanidine groups is 1. The van der Waals surface area contributed by atoms with Crippen molar-refractivity contribution in [2.45, 2.75) is 32.1 Å². The molecule has 0 aliphatic carbocycles. The molecule has 0 bridgehead atoms. The summed E-state index contributed by atoms with van der Waals surface area (Å²) in [7, 11) is 1.70. The Bertz CT molecular complexity index is 772. The normalized spacial score (nSPS) is 18.6. The van der Waals surface area contributed by atoms with Gasteiger partial charge >= 0.3 is 6.18 Å². The van der Waals surface area contributed by atoms with Crippen LogP contribution in [0.15, 0.2) is 46.8 Å². The maximum absolute atomic E-state index is 12.7. The molecule has 1 aromatic heterocycles. The molecule has 2 heterocycles. The number of rotatable bonds is 6. The molecule has 0 saturated carbocycles. The first-order valence-corrected chi connectivity index (χ1v) is 10.7. The summed E-state index contributed by atoms with van der Waals surface area (Å²) in [5.41, 5.74) is 0.147. The lowest BCUT2D eigenvalue weighted by atomic mass is 9.98. The van der Waals surface area contributed by atoms with E-state index in [0.29, 0.717) is 18.4 Å². The van der Waals surface area contributed by atoms with Crippen LogP contribution in [0.1, 0.15) is 28.8 Å². The third-order valence-corrected chi connectivity index (χ3v) is 5.95. The highest BCUT2D eigenvalue weighted by atomic mass is 32.1. The zero-order valence-electron chi connectivity index (χ0n) is 16.5. The van der Waals surface area contributed by atoms with Crippen LogP contribution in [0, 0.1) is 5.92 Å². The van der Waals surface area contributed by atoms with Crippen LogP contribution in [-0.2, 0) is 19.3 Å². The third kappa shape index (κ3) is 6.75. The van der Waals surface area contributed by atoms with E-state index in [0.717, 1.165) is 43.9 Å². The molecule has 3 rings (SSSR count). The fourth-order valence-corrected chi connectivity index (χ4v) is 4.29. The Hall–Kier alpha value is -2.06. The number of alkyl halides is 3. The number of hydrogen-bond donors (Lipinski definition) is 2. The maximum atomic E-state index is 12.7. The first kappa shape index (κ1) is 21.6. The monoisotopic (exact) mass is 424 g/mol. The zero-order chi connectivity index (χ0) is 20.7. The van der Waals surface area contributed by atoms with Gasteiger partial charge in [0.2, 0.25) is 0 Å². The Morgan fingerprint density at radius 3 is 2.66 bits per heavy atom. The SMILES string of the molecule is CN=C(NCc1ccc(C(F)(F)F)cc1)NCC1CCCN(Cc2cccs2)C1. The number of aliphatic imine (C=N–C) groups is 1. The van der Waals surface area contributed by atoms with Crippen molar-refractivity contribution in [3.8, 4) is 0 Å². The van der Waals surface area contributed by atoms with Gasteiger partial charge in [0.15, 0.2) is 5.96 Å². The van der Waals surface area contributed by atoms with Crippen LogP contribution in [0.3, 0.4) is 0 Å². The van der Waals surface area contributed by atoms with Crippen molar-refractivity contribution in [2.24, 2.45) is 10.9 Å². The van der Waals surface area contributed by atoms with Crippen molar-refractivity contribution in [2.75, 3.05) is 26.7 Å². The molecule has 1 aliphatic heterocycles. The van der Waals surface area contributed by atoms with Gasteiger partial charge in [-0.1, -0.05) is 18.2 Å². The second-order valence-corrected chi connectivity index (χ2v) is 8.36. The molecule has 2 N–H and O–H groups in total. The van der Waals surface area contributed by atoms with E-state index in [9.17, 15) is 13.2 Å². The third-order valence-electron chi connectivity index (χ3n) is 5.09. The number of benzene rings is 1. The largest absolute Gasteiger partial charge is 0.416 e. The lowest BCUT2D eigenvalue weighted by Crippen LogP contribution is -2.44. The molecule has 0 spiro atoms. The highest BCUT2D eigenvalue weighted by molar-refractivity contribution is 7.09. The minimum absolute atomic E-state index is 0.424. The highest BCUT2D eigenvalue weighted by Gasteiger charge is 2.29. The number of nitrogens with zero attached hydrogens (tertiary/aromatic N) is 2. The Labute approximate surface area is 173 Å². The van der Waals surface area contributed by atoms with E-state index in [1.165, 1.54) is 29.9 Å². The summed E-state index contributed by atoms with van der Waals surface area (Å²) in [5.74, 6) is 1.22. The Kier molecular flexibility index (Phi) is 7.55. The van der Waals surface area contributed by atoms with Crippen LogP contribution in [0.5, 0.6) is 0 Å². The van der Waals surface area contributed by atoms with Gasteiger partial charge in [-0.2, -0.15) is 13.2 Å². The van der Waals surface area contributed by atoms with Gasteiger partial charge in [-0.05, 0) is 54.4 Å². The quantitative estimate of drug-likeness (QED) is 0.535. The van der Waals surface area contributed by atoms with E-state index in [4.69, 9.17) is 0 Å². The van der Waals surface area contributed by atoms with Crippen molar-refractivity contribution >= 4 is 17.3 Å². The Morgan fingerprint density at radius 2 is 2.00 bits per heavy atom. The van der Waals surface area contributed by atoms with Gasteiger partial charge in [0.25, 0.3) is 0 Å². The van der Waals surface area contributed by atoms with Crippen LogP contribution in [0.4, 0.5) is 13.2 Å². The smallest absolute Gasteiger partial charge is 0.356 e.